The van der Waals surface area contributed by atoms with Gasteiger partial charge in [-0.15, -0.1) is 0 Å². The molecule has 0 aromatic heterocycles. The van der Waals surface area contributed by atoms with Crippen molar-refractivity contribution in [1.29, 1.82) is 5.26 Å². The number of nitrogens with zero attached hydrogens (tertiary/aromatic N) is 2. The van der Waals surface area contributed by atoms with Gasteiger partial charge in [0.25, 0.3) is 5.69 Å². The number of ether oxygens (including phenoxy) is 1. The van der Waals surface area contributed by atoms with Crippen LogP contribution in [-0.2, 0) is 0 Å². The fourth-order valence-electron chi connectivity index (χ4n) is 1.90. The molecule has 2 rings (SSSR count). The first-order chi connectivity index (χ1) is 9.63. The number of nitro benzene ring substituents is 1. The second kappa shape index (κ2) is 5.99. The van der Waals surface area contributed by atoms with Gasteiger partial charge >= 0.3 is 0 Å². The van der Waals surface area contributed by atoms with Crippen LogP contribution in [0.15, 0.2) is 36.4 Å². The van der Waals surface area contributed by atoms with Crippen LogP contribution < -0.4 is 10.5 Å². The first kappa shape index (κ1) is 13.8. The van der Waals surface area contributed by atoms with E-state index in [-0.39, 0.29) is 12.3 Å². The highest BCUT2D eigenvalue weighted by Crippen LogP contribution is 2.32. The van der Waals surface area contributed by atoms with Crippen molar-refractivity contribution in [3.05, 3.63) is 46.5 Å². The standard InChI is InChI=1S/C14H13N3O3/c15-9-10(16)7-8-20-14-6-5-13(17(18)19)11-3-1-2-4-12(11)14/h1-6,10H,7-8,16H2. The van der Waals surface area contributed by atoms with E-state index in [4.69, 9.17) is 15.7 Å². The number of non-ortho nitro benzene ring substituents is 1. The molecule has 1 unspecified atom stereocenters. The minimum absolute atomic E-state index is 0.0432. The highest BCUT2D eigenvalue weighted by atomic mass is 16.6. The minimum Gasteiger partial charge on any atom is -0.493 e. The van der Waals surface area contributed by atoms with E-state index >= 15 is 0 Å². The van der Waals surface area contributed by atoms with E-state index in [0.717, 1.165) is 0 Å². The molecule has 0 saturated carbocycles. The second-order valence-electron chi connectivity index (χ2n) is 4.26. The summed E-state index contributed by atoms with van der Waals surface area (Å²) in [4.78, 5) is 10.6. The van der Waals surface area contributed by atoms with Gasteiger partial charge in [-0.2, -0.15) is 5.26 Å². The number of rotatable bonds is 5. The molecule has 0 aliphatic rings. The average Bonchev–Trinajstić information content (AvgIpc) is 2.46. The normalized spacial score (nSPS) is 11.8. The molecular weight excluding hydrogens is 258 g/mol. The molecule has 0 aliphatic heterocycles. The summed E-state index contributed by atoms with van der Waals surface area (Å²) in [5.41, 5.74) is 5.53. The molecule has 0 radical (unpaired) electrons. The fraction of sp³-hybridized carbons (Fsp3) is 0.214. The molecule has 2 N–H and O–H groups in total. The Balaban J connectivity index is 2.29. The molecule has 0 fully saturated rings. The third-order valence-electron chi connectivity index (χ3n) is 2.91. The minimum atomic E-state index is -0.570. The largest absolute Gasteiger partial charge is 0.493 e. The lowest BCUT2D eigenvalue weighted by molar-refractivity contribution is -0.383. The first-order valence-corrected chi connectivity index (χ1v) is 6.07. The third-order valence-corrected chi connectivity index (χ3v) is 2.91. The molecule has 102 valence electrons. The molecule has 2 aromatic carbocycles. The number of benzene rings is 2. The zero-order chi connectivity index (χ0) is 14.5. The summed E-state index contributed by atoms with van der Waals surface area (Å²) in [5.74, 6) is 0.552. The van der Waals surface area contributed by atoms with Gasteiger partial charge in [-0.3, -0.25) is 10.1 Å². The van der Waals surface area contributed by atoms with Crippen molar-refractivity contribution < 1.29 is 9.66 Å². The number of nitriles is 1. The number of nitro groups is 1. The average molecular weight is 271 g/mol. The molecule has 6 heteroatoms. The summed E-state index contributed by atoms with van der Waals surface area (Å²) in [6, 6.07) is 11.3. The van der Waals surface area contributed by atoms with Crippen LogP contribution in [0.4, 0.5) is 5.69 Å². The zero-order valence-corrected chi connectivity index (χ0v) is 10.7. The van der Waals surface area contributed by atoms with E-state index in [1.54, 1.807) is 30.3 Å². The quantitative estimate of drug-likeness (QED) is 0.664. The van der Waals surface area contributed by atoms with Crippen molar-refractivity contribution in [2.45, 2.75) is 12.5 Å². The highest BCUT2D eigenvalue weighted by molar-refractivity contribution is 5.95. The number of nitrogens with two attached hydrogens (primary N) is 1. The van der Waals surface area contributed by atoms with Crippen LogP contribution in [0.25, 0.3) is 10.8 Å². The number of hydrogen-bond acceptors (Lipinski definition) is 5. The maximum Gasteiger partial charge on any atom is 0.277 e. The Morgan fingerprint density at radius 2 is 2.00 bits per heavy atom. The summed E-state index contributed by atoms with van der Waals surface area (Å²) in [6.07, 6.45) is 0.405. The van der Waals surface area contributed by atoms with E-state index in [0.29, 0.717) is 22.9 Å². The summed E-state index contributed by atoms with van der Waals surface area (Å²) in [5, 5.41) is 20.8. The van der Waals surface area contributed by atoms with Crippen molar-refractivity contribution in [2.24, 2.45) is 5.73 Å². The van der Waals surface area contributed by atoms with Gasteiger partial charge < -0.3 is 10.5 Å². The van der Waals surface area contributed by atoms with Crippen molar-refractivity contribution in [1.82, 2.24) is 0 Å². The van der Waals surface area contributed by atoms with Crippen LogP contribution in [0.1, 0.15) is 6.42 Å². The maximum atomic E-state index is 11.0. The van der Waals surface area contributed by atoms with Crippen LogP contribution in [0, 0.1) is 21.4 Å². The van der Waals surface area contributed by atoms with Gasteiger partial charge in [0.2, 0.25) is 0 Å². The van der Waals surface area contributed by atoms with Gasteiger partial charge in [0.15, 0.2) is 0 Å². The molecule has 0 aliphatic carbocycles. The molecule has 0 heterocycles. The lowest BCUT2D eigenvalue weighted by atomic mass is 10.1. The number of fused-ring (bicyclic) bond motifs is 1. The monoisotopic (exact) mass is 271 g/mol. The predicted octanol–water partition coefficient (Wildman–Crippen LogP) is 2.37. The summed E-state index contributed by atoms with van der Waals surface area (Å²) in [6.45, 7) is 0.288. The van der Waals surface area contributed by atoms with Gasteiger partial charge in [0.05, 0.1) is 29.0 Å². The first-order valence-electron chi connectivity index (χ1n) is 6.07. The summed E-state index contributed by atoms with van der Waals surface area (Å²) < 4.78 is 5.57. The topological polar surface area (TPSA) is 102 Å². The van der Waals surface area contributed by atoms with E-state index in [1.165, 1.54) is 6.07 Å². The Bertz CT molecular complexity index is 679. The maximum absolute atomic E-state index is 11.0. The van der Waals surface area contributed by atoms with Crippen LogP contribution in [-0.4, -0.2) is 17.6 Å². The Morgan fingerprint density at radius 1 is 1.30 bits per heavy atom. The summed E-state index contributed by atoms with van der Waals surface area (Å²) in [7, 11) is 0. The molecule has 0 bridgehead atoms. The van der Waals surface area contributed by atoms with Gasteiger partial charge in [0, 0.05) is 17.9 Å². The van der Waals surface area contributed by atoms with Gasteiger partial charge in [-0.25, -0.2) is 0 Å². The van der Waals surface area contributed by atoms with Gasteiger partial charge in [-0.05, 0) is 12.1 Å². The van der Waals surface area contributed by atoms with Crippen molar-refractivity contribution in [3.63, 3.8) is 0 Å². The van der Waals surface area contributed by atoms with E-state index in [9.17, 15) is 10.1 Å². The molecular formula is C14H13N3O3. The lowest BCUT2D eigenvalue weighted by Gasteiger charge is -2.10. The molecule has 6 nitrogen and oxygen atoms in total. The number of hydrogen-bond donors (Lipinski definition) is 1. The Kier molecular flexibility index (Phi) is 4.13. The van der Waals surface area contributed by atoms with Gasteiger partial charge in [-0.1, -0.05) is 18.2 Å². The molecule has 0 saturated heterocycles. The zero-order valence-electron chi connectivity index (χ0n) is 10.7. The van der Waals surface area contributed by atoms with Crippen molar-refractivity contribution >= 4 is 16.5 Å². The van der Waals surface area contributed by atoms with E-state index in [1.807, 2.05) is 6.07 Å². The molecule has 1 atom stereocenters. The molecule has 20 heavy (non-hydrogen) atoms. The molecule has 0 amide bonds. The summed E-state index contributed by atoms with van der Waals surface area (Å²) >= 11 is 0. The Labute approximate surface area is 115 Å². The van der Waals surface area contributed by atoms with Crippen LogP contribution >= 0.6 is 0 Å². The predicted molar refractivity (Wildman–Crippen MR) is 74.3 cm³/mol. The van der Waals surface area contributed by atoms with Crippen LogP contribution in [0.2, 0.25) is 0 Å². The Hall–Kier alpha value is -2.65. The smallest absolute Gasteiger partial charge is 0.277 e. The Morgan fingerprint density at radius 3 is 2.65 bits per heavy atom. The van der Waals surface area contributed by atoms with Crippen molar-refractivity contribution in [3.8, 4) is 11.8 Å². The van der Waals surface area contributed by atoms with Gasteiger partial charge in [0.1, 0.15) is 5.75 Å². The van der Waals surface area contributed by atoms with Crippen LogP contribution in [0.3, 0.4) is 0 Å². The van der Waals surface area contributed by atoms with Crippen molar-refractivity contribution in [2.75, 3.05) is 6.61 Å². The molecule has 0 spiro atoms. The lowest BCUT2D eigenvalue weighted by Crippen LogP contribution is -2.20. The molecule has 2 aromatic rings. The van der Waals surface area contributed by atoms with E-state index < -0.39 is 11.0 Å². The van der Waals surface area contributed by atoms with Crippen LogP contribution in [0.5, 0.6) is 5.75 Å². The SMILES string of the molecule is N#CC(N)CCOc1ccc([N+](=O)[O-])c2ccccc12. The second-order valence-corrected chi connectivity index (χ2v) is 4.26. The van der Waals surface area contributed by atoms with E-state index in [2.05, 4.69) is 0 Å². The highest BCUT2D eigenvalue weighted by Gasteiger charge is 2.14. The third kappa shape index (κ3) is 2.84. The fourth-order valence-corrected chi connectivity index (χ4v) is 1.90.